The van der Waals surface area contributed by atoms with Gasteiger partial charge in [-0.05, 0) is 58.0 Å². The highest BCUT2D eigenvalue weighted by atomic mass is 16.3. The molecule has 1 aliphatic rings. The molecule has 3 nitrogen and oxygen atoms in total. The van der Waals surface area contributed by atoms with Gasteiger partial charge in [-0.25, -0.2) is 0 Å². The predicted octanol–water partition coefficient (Wildman–Crippen LogP) is 3.31. The maximum Gasteiger partial charge on any atom is 0.126 e. The second kappa shape index (κ2) is 8.08. The second-order valence-corrected chi connectivity index (χ2v) is 5.68. The van der Waals surface area contributed by atoms with E-state index in [1.807, 2.05) is 18.2 Å². The van der Waals surface area contributed by atoms with Crippen LogP contribution in [0.25, 0.3) is 6.08 Å². The third kappa shape index (κ3) is 5.35. The number of furan rings is 1. The summed E-state index contributed by atoms with van der Waals surface area (Å²) in [5.41, 5.74) is 1.41. The third-order valence-electron chi connectivity index (χ3n) is 3.69. The van der Waals surface area contributed by atoms with Crippen molar-refractivity contribution in [3.63, 3.8) is 0 Å². The highest BCUT2D eigenvalue weighted by Crippen LogP contribution is 2.10. The van der Waals surface area contributed by atoms with Crippen molar-refractivity contribution in [1.29, 1.82) is 0 Å². The van der Waals surface area contributed by atoms with Gasteiger partial charge < -0.3 is 9.73 Å². The number of likely N-dealkylation sites (tertiary alicyclic amines) is 1. The molecule has 0 radical (unpaired) electrons. The van der Waals surface area contributed by atoms with E-state index in [9.17, 15) is 0 Å². The van der Waals surface area contributed by atoms with Gasteiger partial charge in [0.2, 0.25) is 0 Å². The van der Waals surface area contributed by atoms with Gasteiger partial charge in [0, 0.05) is 19.1 Å². The average molecular weight is 274 g/mol. The Labute approximate surface area is 122 Å². The molecule has 20 heavy (non-hydrogen) atoms. The van der Waals surface area contributed by atoms with Gasteiger partial charge in [-0.2, -0.15) is 0 Å². The molecule has 1 N–H and O–H groups in total. The first-order valence-electron chi connectivity index (χ1n) is 7.53. The number of nitrogens with one attached hydrogen (secondary N) is 1. The van der Waals surface area contributed by atoms with Gasteiger partial charge >= 0.3 is 0 Å². The maximum atomic E-state index is 5.26. The standard InChI is InChI=1S/C17H26N2O/c1-15(2)7-11-19-12-8-16(9-13-19)18-10-3-5-17-6-4-14-20-17/h3-7,14,16,18H,8-13H2,1-2H3. The molecule has 1 aliphatic heterocycles. The van der Waals surface area contributed by atoms with Crippen molar-refractivity contribution in [3.8, 4) is 0 Å². The first-order valence-corrected chi connectivity index (χ1v) is 7.53. The molecule has 1 aromatic heterocycles. The Kier molecular flexibility index (Phi) is 6.09. The van der Waals surface area contributed by atoms with Gasteiger partial charge in [-0.3, -0.25) is 4.90 Å². The molecular formula is C17H26N2O. The maximum absolute atomic E-state index is 5.26. The van der Waals surface area contributed by atoms with E-state index in [0.717, 1.165) is 18.8 Å². The molecule has 0 bridgehead atoms. The van der Waals surface area contributed by atoms with E-state index in [2.05, 4.69) is 36.2 Å². The van der Waals surface area contributed by atoms with E-state index in [0.29, 0.717) is 6.04 Å². The molecule has 3 heteroatoms. The topological polar surface area (TPSA) is 28.4 Å². The Balaban J connectivity index is 1.61. The van der Waals surface area contributed by atoms with Crippen molar-refractivity contribution in [2.75, 3.05) is 26.2 Å². The zero-order valence-electron chi connectivity index (χ0n) is 12.6. The van der Waals surface area contributed by atoms with Gasteiger partial charge in [-0.15, -0.1) is 0 Å². The van der Waals surface area contributed by atoms with Crippen LogP contribution < -0.4 is 5.32 Å². The van der Waals surface area contributed by atoms with Gasteiger partial charge in [0.05, 0.1) is 6.26 Å². The van der Waals surface area contributed by atoms with Crippen molar-refractivity contribution in [2.45, 2.75) is 32.7 Å². The zero-order chi connectivity index (χ0) is 14.2. The van der Waals surface area contributed by atoms with E-state index < -0.39 is 0 Å². The summed E-state index contributed by atoms with van der Waals surface area (Å²) in [5, 5.41) is 3.60. The number of piperidine rings is 1. The molecule has 110 valence electrons. The molecule has 1 fully saturated rings. The Bertz CT molecular complexity index is 422. The Morgan fingerprint density at radius 1 is 1.40 bits per heavy atom. The monoisotopic (exact) mass is 274 g/mol. The molecular weight excluding hydrogens is 248 g/mol. The van der Waals surface area contributed by atoms with E-state index >= 15 is 0 Å². The van der Waals surface area contributed by atoms with E-state index in [1.165, 1.54) is 31.5 Å². The van der Waals surface area contributed by atoms with Gasteiger partial charge in [0.15, 0.2) is 0 Å². The summed E-state index contributed by atoms with van der Waals surface area (Å²) in [7, 11) is 0. The molecule has 1 saturated heterocycles. The van der Waals surface area contributed by atoms with Crippen LogP contribution in [0.4, 0.5) is 0 Å². The fourth-order valence-electron chi connectivity index (χ4n) is 2.43. The Morgan fingerprint density at radius 3 is 2.85 bits per heavy atom. The fourth-order valence-corrected chi connectivity index (χ4v) is 2.43. The van der Waals surface area contributed by atoms with Crippen LogP contribution in [-0.4, -0.2) is 37.1 Å². The zero-order valence-corrected chi connectivity index (χ0v) is 12.6. The number of hydrogen-bond donors (Lipinski definition) is 1. The third-order valence-corrected chi connectivity index (χ3v) is 3.69. The van der Waals surface area contributed by atoms with Crippen molar-refractivity contribution in [3.05, 3.63) is 41.9 Å². The van der Waals surface area contributed by atoms with Crippen molar-refractivity contribution in [1.82, 2.24) is 10.2 Å². The molecule has 0 unspecified atom stereocenters. The fraction of sp³-hybridized carbons (Fsp3) is 0.529. The minimum absolute atomic E-state index is 0.652. The van der Waals surface area contributed by atoms with Crippen LogP contribution in [-0.2, 0) is 0 Å². The lowest BCUT2D eigenvalue weighted by Gasteiger charge is -2.31. The molecule has 0 aromatic carbocycles. The smallest absolute Gasteiger partial charge is 0.126 e. The minimum atomic E-state index is 0.652. The van der Waals surface area contributed by atoms with Crippen LogP contribution in [0.5, 0.6) is 0 Å². The van der Waals surface area contributed by atoms with Crippen LogP contribution in [0.1, 0.15) is 32.4 Å². The van der Waals surface area contributed by atoms with Gasteiger partial charge in [0.25, 0.3) is 0 Å². The molecule has 0 saturated carbocycles. The average Bonchev–Trinajstić information content (AvgIpc) is 2.96. The summed E-state index contributed by atoms with van der Waals surface area (Å²) in [6.07, 6.45) is 10.7. The lowest BCUT2D eigenvalue weighted by atomic mass is 10.0. The predicted molar refractivity (Wildman–Crippen MR) is 84.6 cm³/mol. The summed E-state index contributed by atoms with van der Waals surface area (Å²) in [6, 6.07) is 4.53. The van der Waals surface area contributed by atoms with Crippen LogP contribution in [0.15, 0.2) is 40.5 Å². The minimum Gasteiger partial charge on any atom is -0.465 e. The number of nitrogens with zero attached hydrogens (tertiary/aromatic N) is 1. The molecule has 2 heterocycles. The first-order chi connectivity index (χ1) is 9.74. The van der Waals surface area contributed by atoms with Crippen molar-refractivity contribution < 1.29 is 4.42 Å². The van der Waals surface area contributed by atoms with Gasteiger partial charge in [0.1, 0.15) is 5.76 Å². The Morgan fingerprint density at radius 2 is 2.20 bits per heavy atom. The largest absolute Gasteiger partial charge is 0.465 e. The molecule has 0 atom stereocenters. The van der Waals surface area contributed by atoms with E-state index in [4.69, 9.17) is 4.42 Å². The lowest BCUT2D eigenvalue weighted by molar-refractivity contribution is 0.217. The van der Waals surface area contributed by atoms with E-state index in [1.54, 1.807) is 6.26 Å². The normalized spacial score (nSPS) is 17.7. The number of rotatable bonds is 6. The molecule has 0 aliphatic carbocycles. The Hall–Kier alpha value is -1.32. The molecule has 2 rings (SSSR count). The van der Waals surface area contributed by atoms with E-state index in [-0.39, 0.29) is 0 Å². The summed E-state index contributed by atoms with van der Waals surface area (Å²) in [4.78, 5) is 2.53. The summed E-state index contributed by atoms with van der Waals surface area (Å²) < 4.78 is 5.26. The molecule has 0 amide bonds. The number of hydrogen-bond acceptors (Lipinski definition) is 3. The molecule has 0 spiro atoms. The van der Waals surface area contributed by atoms with Crippen LogP contribution >= 0.6 is 0 Å². The summed E-state index contributed by atoms with van der Waals surface area (Å²) in [6.45, 7) is 8.75. The number of allylic oxidation sites excluding steroid dienone is 1. The van der Waals surface area contributed by atoms with Crippen LogP contribution in [0, 0.1) is 0 Å². The van der Waals surface area contributed by atoms with Crippen molar-refractivity contribution in [2.24, 2.45) is 0 Å². The summed E-state index contributed by atoms with van der Waals surface area (Å²) in [5.74, 6) is 0.920. The van der Waals surface area contributed by atoms with Crippen LogP contribution in [0.3, 0.4) is 0 Å². The van der Waals surface area contributed by atoms with Gasteiger partial charge in [-0.1, -0.05) is 17.7 Å². The summed E-state index contributed by atoms with van der Waals surface area (Å²) >= 11 is 0. The highest BCUT2D eigenvalue weighted by molar-refractivity contribution is 5.42. The highest BCUT2D eigenvalue weighted by Gasteiger charge is 2.17. The van der Waals surface area contributed by atoms with Crippen molar-refractivity contribution >= 4 is 6.08 Å². The second-order valence-electron chi connectivity index (χ2n) is 5.68. The first kappa shape index (κ1) is 15.1. The van der Waals surface area contributed by atoms with Crippen LogP contribution in [0.2, 0.25) is 0 Å². The molecule has 1 aromatic rings. The SMILES string of the molecule is CC(C)=CCN1CCC(NCC=Cc2ccco2)CC1. The lowest BCUT2D eigenvalue weighted by Crippen LogP contribution is -2.42. The quantitative estimate of drug-likeness (QED) is 0.807.